The number of anilines is 1. The van der Waals surface area contributed by atoms with Gasteiger partial charge < -0.3 is 4.90 Å². The van der Waals surface area contributed by atoms with Gasteiger partial charge in [0.25, 0.3) is 0 Å². The predicted molar refractivity (Wildman–Crippen MR) is 153 cm³/mol. The van der Waals surface area contributed by atoms with E-state index in [1.807, 2.05) is 30.3 Å². The van der Waals surface area contributed by atoms with Crippen LogP contribution in [-0.2, 0) is 0 Å². The number of aromatic nitrogens is 6. The van der Waals surface area contributed by atoms with Crippen molar-refractivity contribution in [2.24, 2.45) is 0 Å². The number of H-pyrrole nitrogens is 1. The fourth-order valence-electron chi connectivity index (χ4n) is 6.70. The van der Waals surface area contributed by atoms with Crippen molar-refractivity contribution < 1.29 is 8.78 Å². The Hall–Kier alpha value is -4.70. The highest BCUT2D eigenvalue weighted by Gasteiger charge is 2.42. The average molecular weight is 549 g/mol. The molecule has 6 heterocycles. The van der Waals surface area contributed by atoms with Gasteiger partial charge in [-0.15, -0.1) is 0 Å². The number of hydrogen-bond acceptors (Lipinski definition) is 6. The summed E-state index contributed by atoms with van der Waals surface area (Å²) in [7, 11) is 0. The van der Waals surface area contributed by atoms with Crippen LogP contribution in [0.1, 0.15) is 13.3 Å². The summed E-state index contributed by atoms with van der Waals surface area (Å²) in [5, 5.41) is 13.0. The lowest BCUT2D eigenvalue weighted by Gasteiger charge is -2.35. The lowest BCUT2D eigenvalue weighted by molar-refractivity contribution is 0.251. The van der Waals surface area contributed by atoms with Crippen LogP contribution in [0.3, 0.4) is 0 Å². The third-order valence-electron chi connectivity index (χ3n) is 8.60. The van der Waals surface area contributed by atoms with Crippen molar-refractivity contribution in [1.29, 1.82) is 0 Å². The lowest BCUT2D eigenvalue weighted by atomic mass is 9.99. The van der Waals surface area contributed by atoms with E-state index in [1.54, 1.807) is 35.4 Å². The largest absolute Gasteiger partial charge is 0.365 e. The molecule has 0 spiro atoms. The normalized spacial score (nSPS) is 18.8. The molecule has 0 unspecified atom stereocenters. The Balaban J connectivity index is 1.30. The molecule has 0 aliphatic carbocycles. The Labute approximate surface area is 234 Å². The Kier molecular flexibility index (Phi) is 5.40. The number of aromatic amines is 1. The minimum Gasteiger partial charge on any atom is -0.365 e. The number of nitrogens with zero attached hydrogens (tertiary/aromatic N) is 7. The molecule has 2 saturated heterocycles. The number of halogens is 2. The Morgan fingerprint density at radius 2 is 1.78 bits per heavy atom. The molecular weight excluding hydrogens is 522 g/mol. The Bertz CT molecular complexity index is 1910. The first-order valence-corrected chi connectivity index (χ1v) is 13.8. The van der Waals surface area contributed by atoms with Crippen LogP contribution in [0.15, 0.2) is 73.3 Å². The maximum absolute atomic E-state index is 15.9. The molecule has 0 radical (unpaired) electrons. The van der Waals surface area contributed by atoms with Gasteiger partial charge in [0.05, 0.1) is 28.5 Å². The van der Waals surface area contributed by atoms with Crippen molar-refractivity contribution in [1.82, 2.24) is 34.7 Å². The number of pyridine rings is 1. The zero-order valence-corrected chi connectivity index (χ0v) is 22.3. The molecule has 2 aliphatic rings. The van der Waals surface area contributed by atoms with E-state index in [-0.39, 0.29) is 17.3 Å². The van der Waals surface area contributed by atoms with Gasteiger partial charge in [-0.25, -0.2) is 18.3 Å². The van der Waals surface area contributed by atoms with Crippen LogP contribution in [0.5, 0.6) is 0 Å². The zero-order chi connectivity index (χ0) is 27.7. The summed E-state index contributed by atoms with van der Waals surface area (Å²) in [6.07, 6.45) is 7.75. The van der Waals surface area contributed by atoms with Gasteiger partial charge in [-0.1, -0.05) is 19.1 Å². The minimum absolute atomic E-state index is 0.127. The number of likely N-dealkylation sites (N-methyl/N-ethyl adjacent to an activating group) is 1. The van der Waals surface area contributed by atoms with Crippen molar-refractivity contribution in [2.45, 2.75) is 25.4 Å². The molecule has 8 nitrogen and oxygen atoms in total. The van der Waals surface area contributed by atoms with E-state index < -0.39 is 11.6 Å². The lowest BCUT2D eigenvalue weighted by Crippen LogP contribution is -2.46. The second-order valence-electron chi connectivity index (χ2n) is 10.7. The molecule has 4 aromatic heterocycles. The third kappa shape index (κ3) is 3.67. The van der Waals surface area contributed by atoms with Crippen LogP contribution in [0.25, 0.3) is 50.2 Å². The second kappa shape index (κ2) is 9.17. The van der Waals surface area contributed by atoms with Crippen molar-refractivity contribution in [2.75, 3.05) is 24.5 Å². The number of hydrogen-bond donors (Lipinski definition) is 1. The maximum atomic E-state index is 15.9. The van der Waals surface area contributed by atoms with Gasteiger partial charge in [-0.05, 0) is 54.9 Å². The first-order chi connectivity index (χ1) is 20.1. The molecule has 41 heavy (non-hydrogen) atoms. The number of piperazine rings is 1. The van der Waals surface area contributed by atoms with Crippen LogP contribution in [0.2, 0.25) is 0 Å². The molecule has 2 aliphatic heterocycles. The summed E-state index contributed by atoms with van der Waals surface area (Å²) in [5.74, 6) is -1.25. The summed E-state index contributed by atoms with van der Waals surface area (Å²) in [4.78, 5) is 13.4. The fraction of sp³-hybridized carbons (Fsp3) is 0.226. The summed E-state index contributed by atoms with van der Waals surface area (Å²) in [5.41, 5.74) is 5.16. The molecule has 2 fully saturated rings. The van der Waals surface area contributed by atoms with E-state index in [2.05, 4.69) is 36.9 Å². The monoisotopic (exact) mass is 548 g/mol. The molecule has 0 saturated carbocycles. The molecule has 8 rings (SSSR count). The highest BCUT2D eigenvalue weighted by molar-refractivity contribution is 6.02. The number of fused-ring (bicyclic) bond motifs is 4. The molecule has 1 N–H and O–H groups in total. The van der Waals surface area contributed by atoms with Crippen LogP contribution in [-0.4, -0.2) is 66.4 Å². The molecule has 10 heteroatoms. The van der Waals surface area contributed by atoms with E-state index in [0.717, 1.165) is 53.6 Å². The molecule has 2 atom stereocenters. The van der Waals surface area contributed by atoms with Gasteiger partial charge in [0.2, 0.25) is 0 Å². The molecule has 2 bridgehead atoms. The van der Waals surface area contributed by atoms with Crippen LogP contribution >= 0.6 is 0 Å². The number of likely N-dealkylation sites (tertiary alicyclic amines) is 1. The van der Waals surface area contributed by atoms with Gasteiger partial charge in [0.15, 0.2) is 5.65 Å². The topological polar surface area (TPSA) is 78.2 Å². The average Bonchev–Trinajstić information content (AvgIpc) is 3.79. The Morgan fingerprint density at radius 1 is 0.951 bits per heavy atom. The van der Waals surface area contributed by atoms with Gasteiger partial charge in [-0.2, -0.15) is 10.2 Å². The van der Waals surface area contributed by atoms with E-state index in [0.29, 0.717) is 23.1 Å². The SMILES string of the molecule is CCN1C[C@@H]2C[C@@H]1CN2c1cc(F)c(-c2ccnc3c(-c4cccc5[nH]ncc45)c(-c4ccncc4)nn23)c(F)c1. The van der Waals surface area contributed by atoms with Crippen molar-refractivity contribution in [3.63, 3.8) is 0 Å². The fourth-order valence-corrected chi connectivity index (χ4v) is 6.70. The first kappa shape index (κ1) is 24.1. The summed E-state index contributed by atoms with van der Waals surface area (Å²) in [6.45, 7) is 4.87. The smallest absolute Gasteiger partial charge is 0.164 e. The van der Waals surface area contributed by atoms with Gasteiger partial charge >= 0.3 is 0 Å². The summed E-state index contributed by atoms with van der Waals surface area (Å²) in [6, 6.07) is 14.8. The molecule has 6 aromatic rings. The van der Waals surface area contributed by atoms with Crippen molar-refractivity contribution in [3.05, 3.63) is 85.0 Å². The first-order valence-electron chi connectivity index (χ1n) is 13.8. The zero-order valence-electron chi connectivity index (χ0n) is 22.3. The molecule has 204 valence electrons. The van der Waals surface area contributed by atoms with E-state index in [4.69, 9.17) is 5.10 Å². The minimum atomic E-state index is -0.623. The molecular formula is C31H26F2N8. The number of nitrogens with one attached hydrogen (secondary N) is 1. The van der Waals surface area contributed by atoms with Crippen LogP contribution < -0.4 is 4.90 Å². The highest BCUT2D eigenvalue weighted by Crippen LogP contribution is 2.41. The van der Waals surface area contributed by atoms with Gasteiger partial charge in [0, 0.05) is 60.4 Å². The van der Waals surface area contributed by atoms with Crippen molar-refractivity contribution >= 4 is 22.2 Å². The molecule has 2 aromatic carbocycles. The predicted octanol–water partition coefficient (Wildman–Crippen LogP) is 5.56. The highest BCUT2D eigenvalue weighted by atomic mass is 19.1. The number of benzene rings is 2. The van der Waals surface area contributed by atoms with Crippen LogP contribution in [0, 0.1) is 11.6 Å². The van der Waals surface area contributed by atoms with Crippen molar-refractivity contribution in [3.8, 4) is 33.6 Å². The third-order valence-corrected chi connectivity index (χ3v) is 8.60. The second-order valence-corrected chi connectivity index (χ2v) is 10.7. The maximum Gasteiger partial charge on any atom is 0.164 e. The summed E-state index contributed by atoms with van der Waals surface area (Å²) < 4.78 is 33.4. The van der Waals surface area contributed by atoms with Gasteiger partial charge in [-0.3, -0.25) is 15.0 Å². The van der Waals surface area contributed by atoms with Gasteiger partial charge in [0.1, 0.15) is 17.3 Å². The number of rotatable bonds is 5. The molecule has 0 amide bonds. The quantitative estimate of drug-likeness (QED) is 0.304. The standard InChI is InChI=1S/C31H26F2N8/c1-2-39-16-21-12-20(39)17-40(21)19-13-24(32)29(25(33)14-19)27-8-11-35-31-28(22-4-3-5-26-23(22)15-36-37-26)30(38-41(27)31)18-6-9-34-10-7-18/h3-11,13-15,20-21H,2,12,16-17H2,1H3,(H,36,37)/t20-,21+/m1/s1. The summed E-state index contributed by atoms with van der Waals surface area (Å²) >= 11 is 0. The van der Waals surface area contributed by atoms with E-state index in [9.17, 15) is 0 Å². The Morgan fingerprint density at radius 3 is 2.54 bits per heavy atom. The van der Waals surface area contributed by atoms with E-state index in [1.165, 1.54) is 12.1 Å². The van der Waals surface area contributed by atoms with E-state index >= 15 is 8.78 Å². The van der Waals surface area contributed by atoms with Crippen LogP contribution in [0.4, 0.5) is 14.5 Å².